The van der Waals surface area contributed by atoms with E-state index in [0.29, 0.717) is 5.56 Å². The van der Waals surface area contributed by atoms with Crippen molar-refractivity contribution in [3.8, 4) is 0 Å². The molecule has 0 aliphatic rings. The molecule has 0 unspecified atom stereocenters. The first-order chi connectivity index (χ1) is 22.5. The van der Waals surface area contributed by atoms with E-state index >= 15 is 0 Å². The molecule has 18 nitrogen and oxygen atoms in total. The van der Waals surface area contributed by atoms with Gasteiger partial charge in [-0.1, -0.05) is 44.2 Å². The quantitative estimate of drug-likeness (QED) is 0.0622. The molecule has 0 spiro atoms. The van der Waals surface area contributed by atoms with E-state index in [1.165, 1.54) is 13.8 Å². The van der Waals surface area contributed by atoms with Crippen LogP contribution in [-0.4, -0.2) is 124 Å². The standard InChI is InChI=1S/C30H47N7O11/c1-15(2)10-19(26(43)36-22(13-39)29(46)37-23(14-40)30(47)48)33-27(44)20(11-18-8-6-5-7-9-18)34-28(45)21(12-38)35-25(42)17(4)32-24(41)16(3)31/h5-9,15-17,19-23,38-40H,10-14,31H2,1-4H3,(H,32,41)(H,33,44)(H,34,45)(H,35,42)(H,36,43)(H,37,46)(H,47,48)/t16-,17-,19-,20-,21-,22-,23-/m0/s1. The number of carbonyl (C=O) groups is 7. The van der Waals surface area contributed by atoms with Gasteiger partial charge in [0.05, 0.1) is 25.9 Å². The van der Waals surface area contributed by atoms with E-state index in [1.54, 1.807) is 44.2 Å². The molecule has 6 amide bonds. The zero-order valence-corrected chi connectivity index (χ0v) is 27.3. The van der Waals surface area contributed by atoms with Gasteiger partial charge in [-0.15, -0.1) is 0 Å². The summed E-state index contributed by atoms with van der Waals surface area (Å²) in [6.45, 7) is 3.49. The van der Waals surface area contributed by atoms with Crippen molar-refractivity contribution in [1.29, 1.82) is 0 Å². The van der Waals surface area contributed by atoms with Crippen LogP contribution in [0.1, 0.15) is 39.7 Å². The lowest BCUT2D eigenvalue weighted by Crippen LogP contribution is -2.61. The predicted octanol–water partition coefficient (Wildman–Crippen LogP) is -4.39. The number of rotatable bonds is 20. The number of aliphatic hydroxyl groups excluding tert-OH is 3. The highest BCUT2D eigenvalue weighted by Crippen LogP contribution is 2.09. The normalized spacial score (nSPS) is 15.4. The minimum Gasteiger partial charge on any atom is -0.480 e. The smallest absolute Gasteiger partial charge is 0.328 e. The number of hydrogen-bond donors (Lipinski definition) is 11. The fourth-order valence-corrected chi connectivity index (χ4v) is 4.13. The molecule has 0 saturated carbocycles. The molecule has 0 heterocycles. The molecule has 1 aromatic carbocycles. The summed E-state index contributed by atoms with van der Waals surface area (Å²) in [5, 5.41) is 51.8. The van der Waals surface area contributed by atoms with E-state index in [4.69, 9.17) is 10.8 Å². The number of benzene rings is 1. The van der Waals surface area contributed by atoms with Crippen molar-refractivity contribution < 1.29 is 54.0 Å². The molecule has 0 aliphatic carbocycles. The molecule has 0 aliphatic heterocycles. The van der Waals surface area contributed by atoms with Crippen molar-refractivity contribution in [2.75, 3.05) is 19.8 Å². The van der Waals surface area contributed by atoms with Gasteiger partial charge in [-0.2, -0.15) is 0 Å². The van der Waals surface area contributed by atoms with Crippen molar-refractivity contribution in [3.63, 3.8) is 0 Å². The molecule has 1 rings (SSSR count). The molecule has 0 bridgehead atoms. The van der Waals surface area contributed by atoms with Crippen LogP contribution in [0.15, 0.2) is 30.3 Å². The number of carboxylic acids is 1. The average Bonchev–Trinajstić information content (AvgIpc) is 3.03. The third-order valence-electron chi connectivity index (χ3n) is 6.85. The highest BCUT2D eigenvalue weighted by Gasteiger charge is 2.33. The molecule has 48 heavy (non-hydrogen) atoms. The van der Waals surface area contributed by atoms with Crippen LogP contribution in [0.3, 0.4) is 0 Å². The fraction of sp³-hybridized carbons (Fsp3) is 0.567. The number of aliphatic hydroxyl groups is 3. The Morgan fingerprint density at radius 2 is 1.00 bits per heavy atom. The summed E-state index contributed by atoms with van der Waals surface area (Å²) < 4.78 is 0. The third-order valence-corrected chi connectivity index (χ3v) is 6.85. The van der Waals surface area contributed by atoms with Crippen molar-refractivity contribution >= 4 is 41.4 Å². The minimum absolute atomic E-state index is 0.0398. The first-order valence-corrected chi connectivity index (χ1v) is 15.2. The van der Waals surface area contributed by atoms with E-state index in [0.717, 1.165) is 0 Å². The number of carboxylic acid groups (broad SMARTS) is 1. The summed E-state index contributed by atoms with van der Waals surface area (Å²) >= 11 is 0. The van der Waals surface area contributed by atoms with Gasteiger partial charge in [0.15, 0.2) is 0 Å². The summed E-state index contributed by atoms with van der Waals surface area (Å²) in [4.78, 5) is 88.2. The number of carbonyl (C=O) groups excluding carboxylic acids is 6. The minimum atomic E-state index is -1.69. The van der Waals surface area contributed by atoms with E-state index in [1.807, 2.05) is 5.32 Å². The van der Waals surface area contributed by atoms with Crippen LogP contribution in [0.25, 0.3) is 0 Å². The Hall–Kier alpha value is -4.65. The van der Waals surface area contributed by atoms with Gasteiger partial charge < -0.3 is 58.1 Å². The maximum atomic E-state index is 13.6. The average molecular weight is 682 g/mol. The fourth-order valence-electron chi connectivity index (χ4n) is 4.13. The van der Waals surface area contributed by atoms with Crippen LogP contribution in [0.4, 0.5) is 0 Å². The number of amides is 6. The number of nitrogens with one attached hydrogen (secondary N) is 6. The second-order valence-corrected chi connectivity index (χ2v) is 11.5. The third kappa shape index (κ3) is 14.0. The topological polar surface area (TPSA) is 299 Å². The number of nitrogens with two attached hydrogens (primary N) is 1. The van der Waals surface area contributed by atoms with Crippen molar-refractivity contribution in [2.45, 2.75) is 82.8 Å². The summed E-state index contributed by atoms with van der Waals surface area (Å²) in [5.41, 5.74) is 6.10. The lowest BCUT2D eigenvalue weighted by atomic mass is 10.0. The monoisotopic (exact) mass is 681 g/mol. The van der Waals surface area contributed by atoms with Gasteiger partial charge in [0.1, 0.15) is 36.3 Å². The largest absolute Gasteiger partial charge is 0.480 e. The van der Waals surface area contributed by atoms with E-state index in [9.17, 15) is 48.9 Å². The summed E-state index contributed by atoms with van der Waals surface area (Å²) in [5.74, 6) is -6.97. The summed E-state index contributed by atoms with van der Waals surface area (Å²) in [6.07, 6.45) is -0.0428. The molecule has 0 aromatic heterocycles. The Kier molecular flexibility index (Phi) is 17.7. The lowest BCUT2D eigenvalue weighted by Gasteiger charge is -2.27. The van der Waals surface area contributed by atoms with Gasteiger partial charge in [0, 0.05) is 6.42 Å². The molecule has 0 fully saturated rings. The maximum Gasteiger partial charge on any atom is 0.328 e. The number of aliphatic carboxylic acids is 1. The van der Waals surface area contributed by atoms with Gasteiger partial charge in [-0.3, -0.25) is 28.8 Å². The van der Waals surface area contributed by atoms with E-state index in [-0.39, 0.29) is 18.8 Å². The Morgan fingerprint density at radius 1 is 0.583 bits per heavy atom. The molecule has 0 radical (unpaired) electrons. The molecule has 18 heteroatoms. The summed E-state index contributed by atoms with van der Waals surface area (Å²) in [7, 11) is 0. The molecule has 1 aromatic rings. The van der Waals surface area contributed by atoms with Crippen molar-refractivity contribution in [1.82, 2.24) is 31.9 Å². The van der Waals surface area contributed by atoms with Crippen LogP contribution in [-0.2, 0) is 40.0 Å². The van der Waals surface area contributed by atoms with Crippen molar-refractivity contribution in [3.05, 3.63) is 35.9 Å². The van der Waals surface area contributed by atoms with E-state index < -0.39 is 104 Å². The Morgan fingerprint density at radius 3 is 1.46 bits per heavy atom. The van der Waals surface area contributed by atoms with Crippen LogP contribution in [0.5, 0.6) is 0 Å². The lowest BCUT2D eigenvalue weighted by molar-refractivity contribution is -0.143. The summed E-state index contributed by atoms with van der Waals surface area (Å²) in [6, 6.07) is -1.05. The zero-order chi connectivity index (χ0) is 36.6. The zero-order valence-electron chi connectivity index (χ0n) is 27.3. The second kappa shape index (κ2) is 20.6. The van der Waals surface area contributed by atoms with Gasteiger partial charge in [0.2, 0.25) is 35.4 Å². The van der Waals surface area contributed by atoms with Gasteiger partial charge in [-0.25, -0.2) is 4.79 Å². The molecule has 7 atom stereocenters. The number of hydrogen-bond acceptors (Lipinski definition) is 11. The van der Waals surface area contributed by atoms with Crippen LogP contribution >= 0.6 is 0 Å². The molecule has 0 saturated heterocycles. The molecule has 268 valence electrons. The maximum absolute atomic E-state index is 13.6. The van der Waals surface area contributed by atoms with Crippen LogP contribution in [0.2, 0.25) is 0 Å². The van der Waals surface area contributed by atoms with Gasteiger partial charge >= 0.3 is 5.97 Å². The van der Waals surface area contributed by atoms with Crippen LogP contribution in [0, 0.1) is 5.92 Å². The Balaban J connectivity index is 3.19. The van der Waals surface area contributed by atoms with Gasteiger partial charge in [0.25, 0.3) is 0 Å². The Bertz CT molecular complexity index is 1260. The highest BCUT2D eigenvalue weighted by atomic mass is 16.4. The molecule has 12 N–H and O–H groups in total. The predicted molar refractivity (Wildman–Crippen MR) is 169 cm³/mol. The highest BCUT2D eigenvalue weighted by molar-refractivity contribution is 5.97. The first-order valence-electron chi connectivity index (χ1n) is 15.2. The SMILES string of the molecule is CC(C)C[C@H](NC(=O)[C@H](Cc1ccccc1)NC(=O)[C@H](CO)NC(=O)[C@H](C)NC(=O)[C@H](C)N)C(=O)N[C@@H](CO)C(=O)N[C@@H](CO)C(=O)O. The first kappa shape index (κ1) is 41.4. The Labute approximate surface area is 277 Å². The second-order valence-electron chi connectivity index (χ2n) is 11.5. The van der Waals surface area contributed by atoms with E-state index in [2.05, 4.69) is 26.6 Å². The van der Waals surface area contributed by atoms with Crippen LogP contribution < -0.4 is 37.6 Å². The van der Waals surface area contributed by atoms with Crippen molar-refractivity contribution in [2.24, 2.45) is 11.7 Å². The molecular weight excluding hydrogens is 634 g/mol. The molecular formula is C30H47N7O11. The van der Waals surface area contributed by atoms with Gasteiger partial charge in [-0.05, 0) is 31.7 Å².